The van der Waals surface area contributed by atoms with E-state index in [1.54, 1.807) is 0 Å². The summed E-state index contributed by atoms with van der Waals surface area (Å²) in [4.78, 5) is 11.7. The van der Waals surface area contributed by atoms with Gasteiger partial charge in [0.05, 0.1) is 6.10 Å². The number of nitrogens with two attached hydrogens (primary N) is 1. The highest BCUT2D eigenvalue weighted by atomic mass is 16.5. The van der Waals surface area contributed by atoms with Crippen molar-refractivity contribution in [3.8, 4) is 0 Å². The average Bonchev–Trinajstić information content (AvgIpc) is 2.22. The van der Waals surface area contributed by atoms with Crippen molar-refractivity contribution in [2.45, 2.75) is 72.8 Å². The second-order valence-corrected chi connectivity index (χ2v) is 6.27. The zero-order valence-corrected chi connectivity index (χ0v) is 12.8. The highest BCUT2D eigenvalue weighted by molar-refractivity contribution is 5.69. The first-order chi connectivity index (χ1) is 8.31. The van der Waals surface area contributed by atoms with Gasteiger partial charge < -0.3 is 10.5 Å². The summed E-state index contributed by atoms with van der Waals surface area (Å²) >= 11 is 0. The summed E-state index contributed by atoms with van der Waals surface area (Å²) in [5.74, 6) is 0.416. The van der Waals surface area contributed by atoms with Crippen LogP contribution in [0.25, 0.3) is 0 Å². The van der Waals surface area contributed by atoms with E-state index in [0.717, 1.165) is 25.7 Å². The molecule has 0 rings (SSSR count). The van der Waals surface area contributed by atoms with E-state index in [1.807, 2.05) is 6.92 Å². The van der Waals surface area contributed by atoms with E-state index >= 15 is 0 Å². The first kappa shape index (κ1) is 17.4. The van der Waals surface area contributed by atoms with Gasteiger partial charge in [-0.15, -0.1) is 0 Å². The molecule has 0 radical (unpaired) electrons. The molecular weight excluding hydrogens is 226 g/mol. The summed E-state index contributed by atoms with van der Waals surface area (Å²) in [7, 11) is 0. The lowest BCUT2D eigenvalue weighted by Gasteiger charge is -2.30. The Kier molecular flexibility index (Phi) is 8.25. The van der Waals surface area contributed by atoms with Crippen LogP contribution in [0.4, 0.5) is 0 Å². The predicted molar refractivity (Wildman–Crippen MR) is 76.3 cm³/mol. The molecule has 18 heavy (non-hydrogen) atoms. The summed E-state index contributed by atoms with van der Waals surface area (Å²) in [6.45, 7) is 11.4. The van der Waals surface area contributed by atoms with E-state index in [2.05, 4.69) is 27.7 Å². The first-order valence-corrected chi connectivity index (χ1v) is 7.20. The van der Waals surface area contributed by atoms with Crippen LogP contribution in [0, 0.1) is 11.3 Å². The van der Waals surface area contributed by atoms with Crippen molar-refractivity contribution in [2.75, 3.05) is 6.54 Å². The van der Waals surface area contributed by atoms with Gasteiger partial charge in [-0.3, -0.25) is 4.79 Å². The lowest BCUT2D eigenvalue weighted by molar-refractivity contribution is -0.149. The smallest absolute Gasteiger partial charge is 0.306 e. The van der Waals surface area contributed by atoms with Gasteiger partial charge in [-0.25, -0.2) is 0 Å². The Morgan fingerprint density at radius 2 is 1.83 bits per heavy atom. The molecule has 0 aromatic carbocycles. The third-order valence-corrected chi connectivity index (χ3v) is 3.46. The predicted octanol–water partition coefficient (Wildman–Crippen LogP) is 3.51. The normalized spacial score (nSPS) is 15.2. The van der Waals surface area contributed by atoms with Crippen molar-refractivity contribution in [2.24, 2.45) is 17.1 Å². The Morgan fingerprint density at radius 3 is 2.28 bits per heavy atom. The number of esters is 1. The maximum Gasteiger partial charge on any atom is 0.306 e. The molecular formula is C15H31NO2. The molecule has 0 fully saturated rings. The standard InChI is InChI=1S/C15H31NO2/c1-6-7-12(2)18-14(17)9-8-13(10-11-16)15(3,4)5/h12-13H,6-11,16H2,1-5H3. The molecule has 2 atom stereocenters. The lowest BCUT2D eigenvalue weighted by Crippen LogP contribution is -2.25. The quantitative estimate of drug-likeness (QED) is 0.677. The van der Waals surface area contributed by atoms with Crippen molar-refractivity contribution in [3.05, 3.63) is 0 Å². The zero-order chi connectivity index (χ0) is 14.2. The molecule has 0 spiro atoms. The lowest BCUT2D eigenvalue weighted by atomic mass is 9.76. The van der Waals surface area contributed by atoms with Crippen LogP contribution in [0.3, 0.4) is 0 Å². The minimum atomic E-state index is -0.0674. The summed E-state index contributed by atoms with van der Waals surface area (Å²) in [6.07, 6.45) is 4.39. The summed E-state index contributed by atoms with van der Waals surface area (Å²) < 4.78 is 5.36. The topological polar surface area (TPSA) is 52.3 Å². The highest BCUT2D eigenvalue weighted by Gasteiger charge is 2.24. The molecule has 0 saturated heterocycles. The zero-order valence-electron chi connectivity index (χ0n) is 12.8. The minimum Gasteiger partial charge on any atom is -0.463 e. The molecule has 0 amide bonds. The molecule has 0 saturated carbocycles. The Labute approximate surface area is 112 Å². The fourth-order valence-corrected chi connectivity index (χ4v) is 2.25. The van der Waals surface area contributed by atoms with Crippen LogP contribution in [0.5, 0.6) is 0 Å². The molecule has 2 unspecified atom stereocenters. The number of rotatable bonds is 8. The maximum absolute atomic E-state index is 11.7. The largest absolute Gasteiger partial charge is 0.463 e. The Balaban J connectivity index is 4.07. The molecule has 2 N–H and O–H groups in total. The SMILES string of the molecule is CCCC(C)OC(=O)CCC(CCN)C(C)(C)C. The number of carbonyl (C=O) groups excluding carboxylic acids is 1. The van der Waals surface area contributed by atoms with Crippen LogP contribution in [-0.2, 0) is 9.53 Å². The molecule has 3 nitrogen and oxygen atoms in total. The van der Waals surface area contributed by atoms with Crippen LogP contribution >= 0.6 is 0 Å². The monoisotopic (exact) mass is 257 g/mol. The van der Waals surface area contributed by atoms with Gasteiger partial charge in [-0.05, 0) is 44.1 Å². The average molecular weight is 257 g/mol. The summed E-state index contributed by atoms with van der Waals surface area (Å²) in [5.41, 5.74) is 5.84. The van der Waals surface area contributed by atoms with Gasteiger partial charge in [0.25, 0.3) is 0 Å². The van der Waals surface area contributed by atoms with Gasteiger partial charge in [0.15, 0.2) is 0 Å². The van der Waals surface area contributed by atoms with Crippen LogP contribution in [-0.4, -0.2) is 18.6 Å². The van der Waals surface area contributed by atoms with E-state index < -0.39 is 0 Å². The van der Waals surface area contributed by atoms with Gasteiger partial charge in [0.2, 0.25) is 0 Å². The molecule has 3 heteroatoms. The minimum absolute atomic E-state index is 0.0464. The van der Waals surface area contributed by atoms with Crippen molar-refractivity contribution < 1.29 is 9.53 Å². The molecule has 0 aromatic rings. The van der Waals surface area contributed by atoms with E-state index in [1.165, 1.54) is 0 Å². The van der Waals surface area contributed by atoms with Crippen molar-refractivity contribution in [3.63, 3.8) is 0 Å². The number of ether oxygens (including phenoxy) is 1. The van der Waals surface area contributed by atoms with Gasteiger partial charge in [0, 0.05) is 6.42 Å². The molecule has 0 aromatic heterocycles. The maximum atomic E-state index is 11.7. The van der Waals surface area contributed by atoms with E-state index in [0.29, 0.717) is 18.9 Å². The van der Waals surface area contributed by atoms with Crippen LogP contribution in [0.15, 0.2) is 0 Å². The molecule has 0 aliphatic heterocycles. The van der Waals surface area contributed by atoms with Crippen LogP contribution in [0.2, 0.25) is 0 Å². The number of carbonyl (C=O) groups is 1. The first-order valence-electron chi connectivity index (χ1n) is 7.20. The Morgan fingerprint density at radius 1 is 1.22 bits per heavy atom. The fraction of sp³-hybridized carbons (Fsp3) is 0.933. The second-order valence-electron chi connectivity index (χ2n) is 6.27. The number of hydrogen-bond acceptors (Lipinski definition) is 3. The fourth-order valence-electron chi connectivity index (χ4n) is 2.25. The van der Waals surface area contributed by atoms with E-state index in [9.17, 15) is 4.79 Å². The van der Waals surface area contributed by atoms with Crippen LogP contribution in [0.1, 0.15) is 66.7 Å². The van der Waals surface area contributed by atoms with Gasteiger partial charge in [0.1, 0.15) is 0 Å². The summed E-state index contributed by atoms with van der Waals surface area (Å²) in [6, 6.07) is 0. The van der Waals surface area contributed by atoms with Crippen molar-refractivity contribution >= 4 is 5.97 Å². The molecule has 108 valence electrons. The van der Waals surface area contributed by atoms with Gasteiger partial charge >= 0.3 is 5.97 Å². The van der Waals surface area contributed by atoms with Gasteiger partial charge in [-0.1, -0.05) is 34.1 Å². The summed E-state index contributed by atoms with van der Waals surface area (Å²) in [5, 5.41) is 0. The Hall–Kier alpha value is -0.570. The third-order valence-electron chi connectivity index (χ3n) is 3.46. The van der Waals surface area contributed by atoms with Crippen LogP contribution < -0.4 is 5.73 Å². The second kappa shape index (κ2) is 8.52. The highest BCUT2D eigenvalue weighted by Crippen LogP contribution is 2.32. The van der Waals surface area contributed by atoms with E-state index in [4.69, 9.17) is 10.5 Å². The van der Waals surface area contributed by atoms with E-state index in [-0.39, 0.29) is 17.5 Å². The number of hydrogen-bond donors (Lipinski definition) is 1. The molecule has 0 heterocycles. The molecule has 0 aliphatic carbocycles. The van der Waals surface area contributed by atoms with Gasteiger partial charge in [-0.2, -0.15) is 0 Å². The Bertz CT molecular complexity index is 233. The molecule has 0 aliphatic rings. The third kappa shape index (κ3) is 7.70. The van der Waals surface area contributed by atoms with Crippen molar-refractivity contribution in [1.29, 1.82) is 0 Å². The molecule has 0 bridgehead atoms. The van der Waals surface area contributed by atoms with Crippen molar-refractivity contribution in [1.82, 2.24) is 0 Å².